The predicted octanol–water partition coefficient (Wildman–Crippen LogP) is 3.49. The smallest absolute Gasteiger partial charge is 0.191 e. The summed E-state index contributed by atoms with van der Waals surface area (Å²) in [6, 6.07) is 0. The van der Waals surface area contributed by atoms with Crippen LogP contribution < -0.4 is 0 Å². The molecule has 0 saturated carbocycles. The first-order valence-electron chi connectivity index (χ1n) is 3.34. The van der Waals surface area contributed by atoms with E-state index in [9.17, 15) is 22.0 Å². The maximum absolute atomic E-state index is 12.4. The van der Waals surface area contributed by atoms with Gasteiger partial charge in [0, 0.05) is 11.3 Å². The van der Waals surface area contributed by atoms with E-state index >= 15 is 0 Å². The molecule has 0 rings (SSSR count). The van der Waals surface area contributed by atoms with Gasteiger partial charge < -0.3 is 0 Å². The van der Waals surface area contributed by atoms with Crippen LogP contribution in [0.4, 0.5) is 22.0 Å². The van der Waals surface area contributed by atoms with Crippen molar-refractivity contribution in [3.63, 3.8) is 0 Å². The Balaban J connectivity index is 4.63. The first kappa shape index (κ1) is 12.7. The molecule has 0 aromatic rings. The number of allylic oxidation sites excluding steroid dienone is 1. The molecule has 0 bridgehead atoms. The van der Waals surface area contributed by atoms with Gasteiger partial charge in [-0.25, -0.2) is 0 Å². The maximum Gasteiger partial charge on any atom is 0.457 e. The molecule has 0 aliphatic heterocycles. The molecule has 13 heavy (non-hydrogen) atoms. The molecule has 0 atom stereocenters. The SMILES string of the molecule is CSCC=C(C)C(F)(F)C(F)(F)F. The molecule has 0 aliphatic carbocycles. The number of rotatable bonds is 3. The molecule has 78 valence electrons. The molecule has 0 heterocycles. The van der Waals surface area contributed by atoms with E-state index < -0.39 is 17.7 Å². The van der Waals surface area contributed by atoms with E-state index in [2.05, 4.69) is 0 Å². The van der Waals surface area contributed by atoms with Gasteiger partial charge in [-0.05, 0) is 13.2 Å². The molecule has 0 aliphatic rings. The average molecular weight is 220 g/mol. The second kappa shape index (κ2) is 4.30. The van der Waals surface area contributed by atoms with Crippen molar-refractivity contribution < 1.29 is 22.0 Å². The average Bonchev–Trinajstić information content (AvgIpc) is 1.97. The Morgan fingerprint density at radius 1 is 1.23 bits per heavy atom. The Bertz CT molecular complexity index is 194. The standard InChI is InChI=1S/C7H9F5S/c1-5(3-4-13-2)6(8,9)7(10,11)12/h3H,4H2,1-2H3. The summed E-state index contributed by atoms with van der Waals surface area (Å²) in [5, 5.41) is 0. The van der Waals surface area contributed by atoms with Gasteiger partial charge in [-0.3, -0.25) is 0 Å². The zero-order valence-electron chi connectivity index (χ0n) is 7.08. The van der Waals surface area contributed by atoms with Crippen molar-refractivity contribution in [2.24, 2.45) is 0 Å². The molecule has 0 aromatic carbocycles. The van der Waals surface area contributed by atoms with Crippen LogP contribution in [0.25, 0.3) is 0 Å². The highest BCUT2D eigenvalue weighted by molar-refractivity contribution is 7.98. The molecular formula is C7H9F5S. The summed E-state index contributed by atoms with van der Waals surface area (Å²) in [6.45, 7) is 0.781. The van der Waals surface area contributed by atoms with Gasteiger partial charge in [0.15, 0.2) is 0 Å². The van der Waals surface area contributed by atoms with E-state index in [1.807, 2.05) is 0 Å². The molecule has 0 fully saturated rings. The number of thioether (sulfide) groups is 1. The topological polar surface area (TPSA) is 0 Å². The van der Waals surface area contributed by atoms with Crippen molar-refractivity contribution in [2.75, 3.05) is 12.0 Å². The molecule has 0 aromatic heterocycles. The molecule has 0 spiro atoms. The molecule has 0 unspecified atom stereocenters. The van der Waals surface area contributed by atoms with Crippen LogP contribution in [0.3, 0.4) is 0 Å². The van der Waals surface area contributed by atoms with Gasteiger partial charge in [-0.15, -0.1) is 0 Å². The highest BCUT2D eigenvalue weighted by atomic mass is 32.2. The van der Waals surface area contributed by atoms with E-state index in [-0.39, 0.29) is 5.75 Å². The molecule has 0 radical (unpaired) electrons. The molecule has 0 nitrogen and oxygen atoms in total. The molecule has 0 saturated heterocycles. The van der Waals surface area contributed by atoms with Crippen molar-refractivity contribution in [3.05, 3.63) is 11.6 Å². The zero-order valence-corrected chi connectivity index (χ0v) is 7.90. The lowest BCUT2D eigenvalue weighted by molar-refractivity contribution is -0.264. The lowest BCUT2D eigenvalue weighted by Gasteiger charge is -2.20. The number of hydrogen-bond acceptors (Lipinski definition) is 1. The Hall–Kier alpha value is -0.260. The van der Waals surface area contributed by atoms with Crippen LogP contribution in [0.15, 0.2) is 11.6 Å². The predicted molar refractivity (Wildman–Crippen MR) is 43.1 cm³/mol. The fourth-order valence-electron chi connectivity index (χ4n) is 0.560. The summed E-state index contributed by atoms with van der Waals surface area (Å²) in [5.74, 6) is -4.56. The van der Waals surface area contributed by atoms with Crippen LogP contribution in [-0.2, 0) is 0 Å². The minimum Gasteiger partial charge on any atom is -0.191 e. The lowest BCUT2D eigenvalue weighted by Crippen LogP contribution is -2.37. The molecule has 0 amide bonds. The highest BCUT2D eigenvalue weighted by Gasteiger charge is 2.58. The number of alkyl halides is 5. The first-order valence-corrected chi connectivity index (χ1v) is 4.73. The number of halogens is 5. The third kappa shape index (κ3) is 3.17. The fraction of sp³-hybridized carbons (Fsp3) is 0.714. The maximum atomic E-state index is 12.4. The Kier molecular flexibility index (Phi) is 4.22. The Labute approximate surface area is 77.2 Å². The van der Waals surface area contributed by atoms with Gasteiger partial charge in [0.2, 0.25) is 0 Å². The van der Waals surface area contributed by atoms with Gasteiger partial charge in [0.25, 0.3) is 0 Å². The summed E-state index contributed by atoms with van der Waals surface area (Å²) < 4.78 is 60.0. The van der Waals surface area contributed by atoms with E-state index in [0.29, 0.717) is 0 Å². The van der Waals surface area contributed by atoms with Gasteiger partial charge in [0.05, 0.1) is 0 Å². The van der Waals surface area contributed by atoms with Gasteiger partial charge >= 0.3 is 12.1 Å². The monoisotopic (exact) mass is 220 g/mol. The van der Waals surface area contributed by atoms with Crippen molar-refractivity contribution in [2.45, 2.75) is 19.0 Å². The highest BCUT2D eigenvalue weighted by Crippen LogP contribution is 2.40. The normalized spacial score (nSPS) is 14.8. The molecule has 6 heteroatoms. The number of hydrogen-bond donors (Lipinski definition) is 0. The minimum atomic E-state index is -5.49. The summed E-state index contributed by atoms with van der Waals surface area (Å²) in [5.41, 5.74) is -0.950. The van der Waals surface area contributed by atoms with Crippen molar-refractivity contribution in [1.29, 1.82) is 0 Å². The van der Waals surface area contributed by atoms with Crippen molar-refractivity contribution in [1.82, 2.24) is 0 Å². The van der Waals surface area contributed by atoms with E-state index in [1.54, 1.807) is 6.26 Å². The van der Waals surface area contributed by atoms with Crippen LogP contribution >= 0.6 is 11.8 Å². The van der Waals surface area contributed by atoms with Crippen LogP contribution in [0, 0.1) is 0 Å². The summed E-state index contributed by atoms with van der Waals surface area (Å²) in [6.07, 6.45) is -2.99. The van der Waals surface area contributed by atoms with Gasteiger partial charge in [0.1, 0.15) is 0 Å². The Morgan fingerprint density at radius 3 is 2.00 bits per heavy atom. The molecular weight excluding hydrogens is 211 g/mol. The van der Waals surface area contributed by atoms with Crippen LogP contribution in [-0.4, -0.2) is 24.1 Å². The van der Waals surface area contributed by atoms with Gasteiger partial charge in [-0.1, -0.05) is 6.08 Å². The Morgan fingerprint density at radius 2 is 1.69 bits per heavy atom. The van der Waals surface area contributed by atoms with Crippen LogP contribution in [0.2, 0.25) is 0 Å². The lowest BCUT2D eigenvalue weighted by atomic mass is 10.1. The van der Waals surface area contributed by atoms with Crippen LogP contribution in [0.5, 0.6) is 0 Å². The first-order chi connectivity index (χ1) is 5.73. The van der Waals surface area contributed by atoms with E-state index in [1.165, 1.54) is 11.8 Å². The van der Waals surface area contributed by atoms with Crippen molar-refractivity contribution in [3.8, 4) is 0 Å². The van der Waals surface area contributed by atoms with E-state index in [0.717, 1.165) is 13.0 Å². The summed E-state index contributed by atoms with van der Waals surface area (Å²) >= 11 is 1.18. The third-order valence-electron chi connectivity index (χ3n) is 1.41. The minimum absolute atomic E-state index is 0.150. The largest absolute Gasteiger partial charge is 0.457 e. The summed E-state index contributed by atoms with van der Waals surface area (Å²) in [7, 11) is 0. The van der Waals surface area contributed by atoms with E-state index in [4.69, 9.17) is 0 Å². The summed E-state index contributed by atoms with van der Waals surface area (Å²) in [4.78, 5) is 0. The third-order valence-corrected chi connectivity index (χ3v) is 1.91. The van der Waals surface area contributed by atoms with Crippen molar-refractivity contribution >= 4 is 11.8 Å². The zero-order chi connectivity index (χ0) is 10.7. The van der Waals surface area contributed by atoms with Crippen LogP contribution in [0.1, 0.15) is 6.92 Å². The second-order valence-electron chi connectivity index (χ2n) is 2.41. The van der Waals surface area contributed by atoms with Gasteiger partial charge in [-0.2, -0.15) is 33.7 Å². The fourth-order valence-corrected chi connectivity index (χ4v) is 0.977. The molecule has 0 N–H and O–H groups in total. The second-order valence-corrected chi connectivity index (χ2v) is 3.33. The quantitative estimate of drug-likeness (QED) is 0.518.